The van der Waals surface area contributed by atoms with Crippen LogP contribution in [0.2, 0.25) is 0 Å². The van der Waals surface area contributed by atoms with Gasteiger partial charge < -0.3 is 10.5 Å². The molecule has 0 unspecified atom stereocenters. The van der Waals surface area contributed by atoms with Crippen LogP contribution in [-0.2, 0) is 0 Å². The number of carbonyl (C=O) groups is 1. The lowest BCUT2D eigenvalue weighted by Crippen LogP contribution is -2.11. The third-order valence-electron chi connectivity index (χ3n) is 1.84. The molecule has 0 aliphatic rings. The number of ketones is 1. The molecule has 1 aromatic rings. The third-order valence-corrected chi connectivity index (χ3v) is 1.84. The van der Waals surface area contributed by atoms with E-state index in [4.69, 9.17) is 10.5 Å². The number of hydrogen-bond donors (Lipinski definition) is 1. The van der Waals surface area contributed by atoms with Crippen LogP contribution in [0.25, 0.3) is 0 Å². The van der Waals surface area contributed by atoms with Crippen molar-refractivity contribution in [2.45, 2.75) is 13.8 Å². The zero-order valence-corrected chi connectivity index (χ0v) is 8.54. The molecule has 0 heterocycles. The van der Waals surface area contributed by atoms with E-state index in [9.17, 15) is 4.79 Å². The molecule has 14 heavy (non-hydrogen) atoms. The van der Waals surface area contributed by atoms with Crippen molar-refractivity contribution in [1.29, 1.82) is 0 Å². The Morgan fingerprint density at radius 3 is 2.71 bits per heavy atom. The van der Waals surface area contributed by atoms with Crippen LogP contribution in [0.1, 0.15) is 22.8 Å². The van der Waals surface area contributed by atoms with Crippen LogP contribution in [0.4, 0.5) is 0 Å². The van der Waals surface area contributed by atoms with Gasteiger partial charge >= 0.3 is 0 Å². The molecule has 0 amide bonds. The lowest BCUT2D eigenvalue weighted by atomic mass is 10.1. The first-order valence-electron chi connectivity index (χ1n) is 4.59. The number of benzene rings is 1. The zero-order chi connectivity index (χ0) is 10.6. The van der Waals surface area contributed by atoms with E-state index in [-0.39, 0.29) is 5.78 Å². The van der Waals surface area contributed by atoms with Gasteiger partial charge in [0.2, 0.25) is 0 Å². The van der Waals surface area contributed by atoms with Gasteiger partial charge in [0.15, 0.2) is 5.78 Å². The first-order chi connectivity index (χ1) is 6.63. The second kappa shape index (κ2) is 4.77. The third kappa shape index (κ3) is 2.85. The molecule has 0 aliphatic carbocycles. The summed E-state index contributed by atoms with van der Waals surface area (Å²) in [4.78, 5) is 11.1. The van der Waals surface area contributed by atoms with Crippen molar-refractivity contribution in [2.75, 3.05) is 13.2 Å². The van der Waals surface area contributed by atoms with E-state index in [1.807, 2.05) is 19.1 Å². The highest BCUT2D eigenvalue weighted by Gasteiger charge is 2.03. The summed E-state index contributed by atoms with van der Waals surface area (Å²) in [6.45, 7) is 4.42. The largest absolute Gasteiger partial charge is 0.492 e. The van der Waals surface area contributed by atoms with E-state index in [1.165, 1.54) is 0 Å². The summed E-state index contributed by atoms with van der Waals surface area (Å²) in [5.41, 5.74) is 7.02. The van der Waals surface area contributed by atoms with Crippen molar-refractivity contribution >= 4 is 5.78 Å². The smallest absolute Gasteiger partial charge is 0.159 e. The van der Waals surface area contributed by atoms with Crippen molar-refractivity contribution in [1.82, 2.24) is 0 Å². The van der Waals surface area contributed by atoms with Gasteiger partial charge in [-0.05, 0) is 37.6 Å². The zero-order valence-electron chi connectivity index (χ0n) is 8.54. The van der Waals surface area contributed by atoms with Crippen molar-refractivity contribution in [3.63, 3.8) is 0 Å². The molecule has 0 aromatic heterocycles. The highest BCUT2D eigenvalue weighted by atomic mass is 16.5. The fourth-order valence-corrected chi connectivity index (χ4v) is 1.21. The van der Waals surface area contributed by atoms with Crippen molar-refractivity contribution < 1.29 is 9.53 Å². The fraction of sp³-hybridized carbons (Fsp3) is 0.364. The summed E-state index contributed by atoms with van der Waals surface area (Å²) in [5, 5.41) is 0. The molecule has 76 valence electrons. The van der Waals surface area contributed by atoms with Crippen LogP contribution >= 0.6 is 0 Å². The van der Waals surface area contributed by atoms with E-state index in [1.54, 1.807) is 13.0 Å². The van der Waals surface area contributed by atoms with Gasteiger partial charge in [0.1, 0.15) is 12.4 Å². The predicted molar refractivity (Wildman–Crippen MR) is 55.7 cm³/mol. The van der Waals surface area contributed by atoms with Gasteiger partial charge in [0, 0.05) is 12.1 Å². The number of Topliss-reactive ketones (excluding diaryl/α,β-unsaturated/α-hetero) is 1. The molecular formula is C11H15NO2. The molecule has 2 N–H and O–H groups in total. The number of hydrogen-bond acceptors (Lipinski definition) is 3. The first kappa shape index (κ1) is 10.7. The number of rotatable bonds is 4. The average molecular weight is 193 g/mol. The Bertz CT molecular complexity index is 334. The van der Waals surface area contributed by atoms with Crippen LogP contribution in [0.3, 0.4) is 0 Å². The molecule has 0 atom stereocenters. The highest BCUT2D eigenvalue weighted by molar-refractivity contribution is 5.94. The standard InChI is InChI=1S/C11H15NO2/c1-8-5-10(9(2)13)7-11(6-8)14-4-3-12/h5-7H,3-4,12H2,1-2H3. The summed E-state index contributed by atoms with van der Waals surface area (Å²) in [6.07, 6.45) is 0. The monoisotopic (exact) mass is 193 g/mol. The van der Waals surface area contributed by atoms with Gasteiger partial charge in [-0.3, -0.25) is 4.79 Å². The molecule has 3 heteroatoms. The fourth-order valence-electron chi connectivity index (χ4n) is 1.21. The molecular weight excluding hydrogens is 178 g/mol. The maximum Gasteiger partial charge on any atom is 0.159 e. The quantitative estimate of drug-likeness (QED) is 0.738. The van der Waals surface area contributed by atoms with E-state index in [2.05, 4.69) is 0 Å². The van der Waals surface area contributed by atoms with Gasteiger partial charge in [-0.25, -0.2) is 0 Å². The average Bonchev–Trinajstić information content (AvgIpc) is 2.14. The molecule has 3 nitrogen and oxygen atoms in total. The Morgan fingerprint density at radius 2 is 2.14 bits per heavy atom. The predicted octanol–water partition coefficient (Wildman–Crippen LogP) is 1.54. The van der Waals surface area contributed by atoms with Gasteiger partial charge in [0.25, 0.3) is 0 Å². The molecule has 0 fully saturated rings. The molecule has 0 spiro atoms. The van der Waals surface area contributed by atoms with Crippen molar-refractivity contribution in [3.8, 4) is 5.75 Å². The van der Waals surface area contributed by atoms with Gasteiger partial charge in [-0.1, -0.05) is 0 Å². The molecule has 0 aliphatic heterocycles. The van der Waals surface area contributed by atoms with Crippen molar-refractivity contribution in [2.24, 2.45) is 5.73 Å². The lowest BCUT2D eigenvalue weighted by Gasteiger charge is -2.07. The van der Waals surface area contributed by atoms with Crippen molar-refractivity contribution in [3.05, 3.63) is 29.3 Å². The van der Waals surface area contributed by atoms with Crippen LogP contribution < -0.4 is 10.5 Å². The maximum atomic E-state index is 11.1. The molecule has 0 saturated heterocycles. The molecule has 1 aromatic carbocycles. The minimum absolute atomic E-state index is 0.0475. The van der Waals surface area contributed by atoms with E-state index >= 15 is 0 Å². The summed E-state index contributed by atoms with van der Waals surface area (Å²) >= 11 is 0. The normalized spacial score (nSPS) is 9.93. The number of aryl methyl sites for hydroxylation is 1. The van der Waals surface area contributed by atoms with E-state index in [0.717, 1.165) is 5.56 Å². The van der Waals surface area contributed by atoms with E-state index in [0.29, 0.717) is 24.5 Å². The van der Waals surface area contributed by atoms with Gasteiger partial charge in [0.05, 0.1) is 0 Å². The number of carbonyl (C=O) groups excluding carboxylic acids is 1. The molecule has 1 rings (SSSR count). The second-order valence-electron chi connectivity index (χ2n) is 3.23. The molecule has 0 saturated carbocycles. The minimum Gasteiger partial charge on any atom is -0.492 e. The van der Waals surface area contributed by atoms with Gasteiger partial charge in [-0.15, -0.1) is 0 Å². The van der Waals surface area contributed by atoms with Crippen LogP contribution in [0.15, 0.2) is 18.2 Å². The molecule has 0 bridgehead atoms. The Balaban J connectivity index is 2.89. The second-order valence-corrected chi connectivity index (χ2v) is 3.23. The highest BCUT2D eigenvalue weighted by Crippen LogP contribution is 2.17. The SMILES string of the molecule is CC(=O)c1cc(C)cc(OCCN)c1. The first-order valence-corrected chi connectivity index (χ1v) is 4.59. The topological polar surface area (TPSA) is 52.3 Å². The van der Waals surface area contributed by atoms with Gasteiger partial charge in [-0.2, -0.15) is 0 Å². The van der Waals surface area contributed by atoms with Crippen LogP contribution in [-0.4, -0.2) is 18.9 Å². The summed E-state index contributed by atoms with van der Waals surface area (Å²) in [5.74, 6) is 0.756. The summed E-state index contributed by atoms with van der Waals surface area (Å²) in [7, 11) is 0. The maximum absolute atomic E-state index is 11.1. The molecule has 0 radical (unpaired) electrons. The minimum atomic E-state index is 0.0475. The van der Waals surface area contributed by atoms with E-state index < -0.39 is 0 Å². The Kier molecular flexibility index (Phi) is 3.65. The number of ether oxygens (including phenoxy) is 1. The Hall–Kier alpha value is -1.35. The van der Waals surface area contributed by atoms with Crippen LogP contribution in [0.5, 0.6) is 5.75 Å². The lowest BCUT2D eigenvalue weighted by molar-refractivity contribution is 0.101. The Morgan fingerprint density at radius 1 is 1.43 bits per heavy atom. The number of nitrogens with two attached hydrogens (primary N) is 1. The van der Waals surface area contributed by atoms with Crippen LogP contribution in [0, 0.1) is 6.92 Å². The summed E-state index contributed by atoms with van der Waals surface area (Å²) < 4.78 is 5.35. The Labute approximate surface area is 83.9 Å². The summed E-state index contributed by atoms with van der Waals surface area (Å²) in [6, 6.07) is 5.48.